The number of aryl methyl sites for hydroxylation is 1. The second-order valence-electron chi connectivity index (χ2n) is 6.11. The van der Waals surface area contributed by atoms with Gasteiger partial charge in [0.2, 0.25) is 10.0 Å². The maximum absolute atomic E-state index is 12.5. The van der Waals surface area contributed by atoms with Crippen LogP contribution in [0.1, 0.15) is 26.3 Å². The molecule has 0 aliphatic carbocycles. The van der Waals surface area contributed by atoms with Crippen LogP contribution in [0.5, 0.6) is 0 Å². The van der Waals surface area contributed by atoms with Gasteiger partial charge in [0.05, 0.1) is 31.2 Å². The van der Waals surface area contributed by atoms with E-state index in [9.17, 15) is 18.0 Å². The van der Waals surface area contributed by atoms with Gasteiger partial charge in [0, 0.05) is 11.3 Å². The minimum absolute atomic E-state index is 0.129. The molecule has 28 heavy (non-hydrogen) atoms. The molecule has 148 valence electrons. The molecule has 0 saturated heterocycles. The van der Waals surface area contributed by atoms with Crippen molar-refractivity contribution in [2.24, 2.45) is 0 Å². The number of carbonyl (C=O) groups excluding carboxylic acids is 2. The van der Waals surface area contributed by atoms with E-state index in [2.05, 4.69) is 11.9 Å². The number of nitrogens with zero attached hydrogens (tertiary/aromatic N) is 1. The van der Waals surface area contributed by atoms with Gasteiger partial charge >= 0.3 is 5.97 Å². The minimum atomic E-state index is -3.47. The number of nitrogens with one attached hydrogen (secondary N) is 1. The summed E-state index contributed by atoms with van der Waals surface area (Å²) in [6, 6.07) is 11.0. The fourth-order valence-corrected chi connectivity index (χ4v) is 3.41. The normalized spacial score (nSPS) is 10.8. The summed E-state index contributed by atoms with van der Waals surface area (Å²) in [4.78, 5) is 24.2. The second kappa shape index (κ2) is 8.71. The highest BCUT2D eigenvalue weighted by molar-refractivity contribution is 7.92. The largest absolute Gasteiger partial charge is 0.465 e. The Morgan fingerprint density at radius 3 is 2.29 bits per heavy atom. The number of anilines is 2. The SMILES string of the molecule is C=CCN(c1ccc(C(=O)Nc2cc(C(=O)OC)ccc2C)cc1)S(C)(=O)=O. The Kier molecular flexibility index (Phi) is 6.58. The van der Waals surface area contributed by atoms with Crippen LogP contribution in [0.25, 0.3) is 0 Å². The minimum Gasteiger partial charge on any atom is -0.465 e. The lowest BCUT2D eigenvalue weighted by molar-refractivity contribution is 0.0600. The molecule has 2 rings (SSSR count). The van der Waals surface area contributed by atoms with E-state index in [0.717, 1.165) is 11.8 Å². The zero-order valence-corrected chi connectivity index (χ0v) is 16.7. The van der Waals surface area contributed by atoms with Crippen LogP contribution in [0.2, 0.25) is 0 Å². The first-order valence-corrected chi connectivity index (χ1v) is 10.2. The maximum Gasteiger partial charge on any atom is 0.337 e. The third kappa shape index (κ3) is 4.98. The Morgan fingerprint density at radius 2 is 1.75 bits per heavy atom. The van der Waals surface area contributed by atoms with Crippen molar-refractivity contribution >= 4 is 33.3 Å². The standard InChI is InChI=1S/C20H22N2O5S/c1-5-12-22(28(4,25)26)17-10-8-15(9-11-17)19(23)21-18-13-16(20(24)27-3)7-6-14(18)2/h5-11,13H,1,12H2,2-4H3,(H,21,23). The van der Waals surface area contributed by atoms with Crippen molar-refractivity contribution in [2.45, 2.75) is 6.92 Å². The average Bonchev–Trinajstić information content (AvgIpc) is 2.66. The number of benzene rings is 2. The van der Waals surface area contributed by atoms with Crippen molar-refractivity contribution in [3.8, 4) is 0 Å². The van der Waals surface area contributed by atoms with E-state index in [1.165, 1.54) is 29.6 Å². The third-order valence-corrected chi connectivity index (χ3v) is 5.18. The predicted molar refractivity (Wildman–Crippen MR) is 109 cm³/mol. The van der Waals surface area contributed by atoms with Gasteiger partial charge in [-0.1, -0.05) is 12.1 Å². The van der Waals surface area contributed by atoms with Crippen molar-refractivity contribution in [3.63, 3.8) is 0 Å². The summed E-state index contributed by atoms with van der Waals surface area (Å²) in [5, 5.41) is 2.76. The maximum atomic E-state index is 12.5. The molecule has 0 heterocycles. The highest BCUT2D eigenvalue weighted by Crippen LogP contribution is 2.21. The zero-order valence-electron chi connectivity index (χ0n) is 15.9. The molecule has 0 bridgehead atoms. The molecule has 8 heteroatoms. The van der Waals surface area contributed by atoms with Crippen molar-refractivity contribution < 1.29 is 22.7 Å². The van der Waals surface area contributed by atoms with Crippen LogP contribution in [0, 0.1) is 6.92 Å². The van der Waals surface area contributed by atoms with Gasteiger partial charge in [-0.15, -0.1) is 6.58 Å². The van der Waals surface area contributed by atoms with Crippen LogP contribution in [0.3, 0.4) is 0 Å². The van der Waals surface area contributed by atoms with Gasteiger partial charge in [0.25, 0.3) is 5.91 Å². The summed E-state index contributed by atoms with van der Waals surface area (Å²) in [5.41, 5.74) is 2.38. The van der Waals surface area contributed by atoms with Crippen LogP contribution in [-0.4, -0.2) is 40.2 Å². The molecule has 0 unspecified atom stereocenters. The lowest BCUT2D eigenvalue weighted by atomic mass is 10.1. The predicted octanol–water partition coefficient (Wildman–Crippen LogP) is 2.99. The lowest BCUT2D eigenvalue weighted by Crippen LogP contribution is -2.29. The number of rotatable bonds is 7. The average molecular weight is 402 g/mol. The van der Waals surface area contributed by atoms with E-state index >= 15 is 0 Å². The summed E-state index contributed by atoms with van der Waals surface area (Å²) in [5.74, 6) is -0.880. The molecule has 2 aromatic carbocycles. The first-order valence-electron chi connectivity index (χ1n) is 8.36. The topological polar surface area (TPSA) is 92.8 Å². The number of carbonyl (C=O) groups is 2. The molecular formula is C20H22N2O5S. The molecule has 0 aromatic heterocycles. The first-order chi connectivity index (χ1) is 13.2. The molecule has 0 aliphatic heterocycles. The molecule has 0 saturated carbocycles. The monoisotopic (exact) mass is 402 g/mol. The molecule has 2 aromatic rings. The van der Waals surface area contributed by atoms with Gasteiger partial charge in [-0.25, -0.2) is 13.2 Å². The zero-order chi connectivity index (χ0) is 20.9. The molecular weight excluding hydrogens is 380 g/mol. The Bertz CT molecular complexity index is 998. The lowest BCUT2D eigenvalue weighted by Gasteiger charge is -2.20. The van der Waals surface area contributed by atoms with Gasteiger partial charge in [-0.2, -0.15) is 0 Å². The van der Waals surface area contributed by atoms with Crippen LogP contribution in [-0.2, 0) is 14.8 Å². The van der Waals surface area contributed by atoms with Crippen LogP contribution < -0.4 is 9.62 Å². The summed E-state index contributed by atoms with van der Waals surface area (Å²) >= 11 is 0. The van der Waals surface area contributed by atoms with Crippen molar-refractivity contribution in [3.05, 3.63) is 71.8 Å². The van der Waals surface area contributed by atoms with Crippen LogP contribution in [0.15, 0.2) is 55.1 Å². The molecule has 0 spiro atoms. The van der Waals surface area contributed by atoms with E-state index in [-0.39, 0.29) is 12.5 Å². The van der Waals surface area contributed by atoms with E-state index in [4.69, 9.17) is 4.74 Å². The quantitative estimate of drug-likeness (QED) is 0.568. The molecule has 7 nitrogen and oxygen atoms in total. The molecule has 0 fully saturated rings. The molecule has 0 radical (unpaired) electrons. The van der Waals surface area contributed by atoms with Gasteiger partial charge in [-0.3, -0.25) is 9.10 Å². The van der Waals surface area contributed by atoms with Gasteiger partial charge < -0.3 is 10.1 Å². The Hall–Kier alpha value is -3.13. The fourth-order valence-electron chi connectivity index (χ4n) is 2.52. The molecule has 1 amide bonds. The van der Waals surface area contributed by atoms with E-state index in [1.807, 2.05) is 0 Å². The highest BCUT2D eigenvalue weighted by Gasteiger charge is 2.17. The van der Waals surface area contributed by atoms with Gasteiger partial charge in [0.1, 0.15) is 0 Å². The smallest absolute Gasteiger partial charge is 0.337 e. The third-order valence-electron chi connectivity index (χ3n) is 4.02. The van der Waals surface area contributed by atoms with E-state index < -0.39 is 16.0 Å². The summed E-state index contributed by atoms with van der Waals surface area (Å²) in [6.45, 7) is 5.50. The van der Waals surface area contributed by atoms with Crippen molar-refractivity contribution in [1.82, 2.24) is 0 Å². The number of amides is 1. The van der Waals surface area contributed by atoms with Gasteiger partial charge in [-0.05, 0) is 48.9 Å². The Morgan fingerprint density at radius 1 is 1.14 bits per heavy atom. The number of hydrogen-bond donors (Lipinski definition) is 1. The number of sulfonamides is 1. The Labute approximate surface area is 164 Å². The summed E-state index contributed by atoms with van der Waals surface area (Å²) in [6.07, 6.45) is 2.59. The molecule has 1 N–H and O–H groups in total. The first kappa shape index (κ1) is 21.2. The number of hydrogen-bond acceptors (Lipinski definition) is 5. The van der Waals surface area contributed by atoms with Crippen molar-refractivity contribution in [2.75, 3.05) is 29.5 Å². The molecule has 0 aliphatic rings. The highest BCUT2D eigenvalue weighted by atomic mass is 32.2. The van der Waals surface area contributed by atoms with Crippen LogP contribution in [0.4, 0.5) is 11.4 Å². The number of ether oxygens (including phenoxy) is 1. The Balaban J connectivity index is 2.24. The number of esters is 1. The van der Waals surface area contributed by atoms with E-state index in [1.54, 1.807) is 37.3 Å². The second-order valence-corrected chi connectivity index (χ2v) is 8.01. The molecule has 0 atom stereocenters. The van der Waals surface area contributed by atoms with Crippen molar-refractivity contribution in [1.29, 1.82) is 0 Å². The summed E-state index contributed by atoms with van der Waals surface area (Å²) in [7, 11) is -2.18. The van der Waals surface area contributed by atoms with Crippen LogP contribution >= 0.6 is 0 Å². The summed E-state index contributed by atoms with van der Waals surface area (Å²) < 4.78 is 29.7. The number of methoxy groups -OCH3 is 1. The van der Waals surface area contributed by atoms with Gasteiger partial charge in [0.15, 0.2) is 0 Å². The van der Waals surface area contributed by atoms with E-state index in [0.29, 0.717) is 22.5 Å². The fraction of sp³-hybridized carbons (Fsp3) is 0.200.